The van der Waals surface area contributed by atoms with Crippen molar-refractivity contribution in [3.8, 4) is 0 Å². The molecule has 0 unspecified atom stereocenters. The molecule has 1 aliphatic rings. The Morgan fingerprint density at radius 1 is 0.800 bits per heavy atom. The van der Waals surface area contributed by atoms with Gasteiger partial charge in [0.25, 0.3) is 0 Å². The molecule has 0 spiro atoms. The lowest BCUT2D eigenvalue weighted by molar-refractivity contribution is -0.111. The summed E-state index contributed by atoms with van der Waals surface area (Å²) in [6.45, 7) is 15.1. The van der Waals surface area contributed by atoms with E-state index in [0.717, 1.165) is 41.3 Å². The lowest BCUT2D eigenvalue weighted by Gasteiger charge is -2.27. The first kappa shape index (κ1) is 26.3. The molecule has 0 radical (unpaired) electrons. The third-order valence-corrected chi connectivity index (χ3v) is 6.47. The standard InChI is InChI=1S/C30H40N4O/c1-8-33(21(3)4)26-14-10-23(11-15-26)18-24-19-29(28(31-7)20-30(24)35)32-25-12-16-27(17-13-25)34(9-2)22(5)6/h10-17,19-22,31H,8-9,18H2,1-7H3. The van der Waals surface area contributed by atoms with Crippen molar-refractivity contribution in [3.05, 3.63) is 77.5 Å². The maximum absolute atomic E-state index is 12.8. The van der Waals surface area contributed by atoms with Crippen molar-refractivity contribution in [2.24, 2.45) is 4.99 Å². The average molecular weight is 473 g/mol. The molecule has 0 atom stereocenters. The number of rotatable bonds is 10. The third-order valence-electron chi connectivity index (χ3n) is 6.47. The number of anilines is 2. The van der Waals surface area contributed by atoms with Gasteiger partial charge in [-0.1, -0.05) is 12.1 Å². The van der Waals surface area contributed by atoms with Gasteiger partial charge in [-0.2, -0.15) is 0 Å². The van der Waals surface area contributed by atoms with Crippen LogP contribution in [0, 0.1) is 0 Å². The van der Waals surface area contributed by atoms with E-state index in [-0.39, 0.29) is 5.78 Å². The maximum Gasteiger partial charge on any atom is 0.184 e. The van der Waals surface area contributed by atoms with Gasteiger partial charge in [0.05, 0.1) is 17.1 Å². The molecule has 5 heteroatoms. The van der Waals surface area contributed by atoms with E-state index in [1.807, 2.05) is 25.3 Å². The van der Waals surface area contributed by atoms with E-state index < -0.39 is 0 Å². The van der Waals surface area contributed by atoms with Gasteiger partial charge in [0.1, 0.15) is 0 Å². The van der Waals surface area contributed by atoms with Crippen LogP contribution in [0.4, 0.5) is 17.1 Å². The molecule has 0 saturated carbocycles. The second-order valence-electron chi connectivity index (χ2n) is 9.46. The van der Waals surface area contributed by atoms with Crippen LogP contribution in [0.5, 0.6) is 0 Å². The summed E-state index contributed by atoms with van der Waals surface area (Å²) in [6, 6.07) is 17.7. The summed E-state index contributed by atoms with van der Waals surface area (Å²) in [6.07, 6.45) is 4.17. The highest BCUT2D eigenvalue weighted by molar-refractivity contribution is 6.22. The number of hydrogen-bond acceptors (Lipinski definition) is 5. The number of aliphatic imine (C=N–C) groups is 1. The molecule has 186 valence electrons. The fourth-order valence-electron chi connectivity index (χ4n) is 4.62. The molecule has 3 rings (SSSR count). The van der Waals surface area contributed by atoms with Crippen molar-refractivity contribution in [1.29, 1.82) is 0 Å². The summed E-state index contributed by atoms with van der Waals surface area (Å²) in [4.78, 5) is 22.4. The minimum absolute atomic E-state index is 0.0283. The van der Waals surface area contributed by atoms with Crippen molar-refractivity contribution in [2.75, 3.05) is 29.9 Å². The van der Waals surface area contributed by atoms with Gasteiger partial charge in [-0.3, -0.25) is 4.79 Å². The average Bonchev–Trinajstić information content (AvgIpc) is 2.83. The number of hydrogen-bond donors (Lipinski definition) is 1. The molecule has 1 N–H and O–H groups in total. The van der Waals surface area contributed by atoms with Gasteiger partial charge in [-0.25, -0.2) is 4.99 Å². The van der Waals surface area contributed by atoms with Crippen molar-refractivity contribution in [2.45, 2.75) is 60.0 Å². The molecular formula is C30H40N4O. The van der Waals surface area contributed by atoms with Crippen molar-refractivity contribution < 1.29 is 4.79 Å². The summed E-state index contributed by atoms with van der Waals surface area (Å²) < 4.78 is 0. The molecule has 1 aliphatic carbocycles. The lowest BCUT2D eigenvalue weighted by Crippen LogP contribution is -2.30. The zero-order valence-corrected chi connectivity index (χ0v) is 22.3. The number of carbonyl (C=O) groups is 1. The Balaban J connectivity index is 1.84. The van der Waals surface area contributed by atoms with Crippen LogP contribution in [0.3, 0.4) is 0 Å². The molecule has 2 aromatic carbocycles. The fourth-order valence-corrected chi connectivity index (χ4v) is 4.62. The van der Waals surface area contributed by atoms with E-state index >= 15 is 0 Å². The number of allylic oxidation sites excluding steroid dienone is 3. The minimum Gasteiger partial charge on any atom is -0.386 e. The van der Waals surface area contributed by atoms with Crippen LogP contribution in [0.25, 0.3) is 0 Å². The Kier molecular flexibility index (Phi) is 8.91. The summed E-state index contributed by atoms with van der Waals surface area (Å²) in [5.41, 5.74) is 6.65. The van der Waals surface area contributed by atoms with E-state index in [2.05, 4.69) is 93.1 Å². The van der Waals surface area contributed by atoms with Crippen LogP contribution in [-0.2, 0) is 11.2 Å². The van der Waals surface area contributed by atoms with E-state index in [1.54, 1.807) is 6.08 Å². The van der Waals surface area contributed by atoms with Gasteiger partial charge < -0.3 is 15.1 Å². The molecule has 0 amide bonds. The largest absolute Gasteiger partial charge is 0.386 e. The Labute approximate surface area is 211 Å². The van der Waals surface area contributed by atoms with Gasteiger partial charge in [0, 0.05) is 61.7 Å². The molecule has 0 aliphatic heterocycles. The van der Waals surface area contributed by atoms with Crippen molar-refractivity contribution in [1.82, 2.24) is 5.32 Å². The first-order chi connectivity index (χ1) is 16.8. The van der Waals surface area contributed by atoms with E-state index in [9.17, 15) is 4.79 Å². The SMILES string of the molecule is CCN(c1ccc(CC2=CC(=Nc3ccc(N(CC)C(C)C)cc3)C(NC)=CC2=O)cc1)C(C)C. The minimum atomic E-state index is 0.0283. The molecule has 2 aromatic rings. The second kappa shape index (κ2) is 11.9. The third kappa shape index (κ3) is 6.41. The lowest BCUT2D eigenvalue weighted by atomic mass is 9.94. The van der Waals surface area contributed by atoms with Crippen LogP contribution < -0.4 is 15.1 Å². The number of carbonyl (C=O) groups excluding carboxylic acids is 1. The maximum atomic E-state index is 12.8. The highest BCUT2D eigenvalue weighted by Gasteiger charge is 2.19. The normalized spacial score (nSPS) is 14.9. The molecule has 5 nitrogen and oxygen atoms in total. The van der Waals surface area contributed by atoms with Crippen molar-refractivity contribution >= 4 is 28.6 Å². The Hall–Kier alpha value is -3.34. The van der Waals surface area contributed by atoms with E-state index in [4.69, 9.17) is 4.99 Å². The number of nitrogens with zero attached hydrogens (tertiary/aromatic N) is 3. The van der Waals surface area contributed by atoms with Gasteiger partial charge in [-0.05, 0) is 89.6 Å². The highest BCUT2D eigenvalue weighted by atomic mass is 16.1. The van der Waals surface area contributed by atoms with Crippen LogP contribution >= 0.6 is 0 Å². The Morgan fingerprint density at radius 3 is 1.77 bits per heavy atom. The molecule has 0 aromatic heterocycles. The quantitative estimate of drug-likeness (QED) is 0.426. The number of benzene rings is 2. The monoisotopic (exact) mass is 472 g/mol. The van der Waals surface area contributed by atoms with Crippen LogP contribution in [0.1, 0.15) is 47.1 Å². The zero-order chi connectivity index (χ0) is 25.5. The van der Waals surface area contributed by atoms with Crippen LogP contribution in [0.2, 0.25) is 0 Å². The van der Waals surface area contributed by atoms with Gasteiger partial charge in [0.15, 0.2) is 5.78 Å². The molecule has 0 fully saturated rings. The van der Waals surface area contributed by atoms with E-state index in [1.165, 1.54) is 11.4 Å². The molecule has 0 bridgehead atoms. The Bertz CT molecular complexity index is 1090. The molecular weight excluding hydrogens is 432 g/mol. The van der Waals surface area contributed by atoms with Gasteiger partial charge in [0.2, 0.25) is 0 Å². The smallest absolute Gasteiger partial charge is 0.184 e. The molecule has 0 saturated heterocycles. The van der Waals surface area contributed by atoms with Crippen LogP contribution in [0.15, 0.2) is 76.9 Å². The van der Waals surface area contributed by atoms with Gasteiger partial charge >= 0.3 is 0 Å². The topological polar surface area (TPSA) is 47.9 Å². The highest BCUT2D eigenvalue weighted by Crippen LogP contribution is 2.25. The summed E-state index contributed by atoms with van der Waals surface area (Å²) >= 11 is 0. The Morgan fingerprint density at radius 2 is 1.31 bits per heavy atom. The van der Waals surface area contributed by atoms with E-state index in [0.29, 0.717) is 18.5 Å². The molecule has 0 heterocycles. The van der Waals surface area contributed by atoms with Gasteiger partial charge in [-0.15, -0.1) is 0 Å². The first-order valence-corrected chi connectivity index (χ1v) is 12.7. The zero-order valence-electron chi connectivity index (χ0n) is 22.3. The number of nitrogens with one attached hydrogen (secondary N) is 1. The van der Waals surface area contributed by atoms with Crippen LogP contribution in [-0.4, -0.2) is 43.7 Å². The number of ketones is 1. The molecule has 35 heavy (non-hydrogen) atoms. The van der Waals surface area contributed by atoms with Crippen molar-refractivity contribution in [3.63, 3.8) is 0 Å². The predicted molar refractivity (Wildman–Crippen MR) is 150 cm³/mol. The fraction of sp³-hybridized carbons (Fsp3) is 0.400. The summed E-state index contributed by atoms with van der Waals surface area (Å²) in [5.74, 6) is 0.0283. The predicted octanol–water partition coefficient (Wildman–Crippen LogP) is 6.08. The first-order valence-electron chi connectivity index (χ1n) is 12.7. The summed E-state index contributed by atoms with van der Waals surface area (Å²) in [7, 11) is 1.82. The second-order valence-corrected chi connectivity index (χ2v) is 9.46. The summed E-state index contributed by atoms with van der Waals surface area (Å²) in [5, 5.41) is 3.13.